The van der Waals surface area contributed by atoms with E-state index in [1.165, 1.54) is 0 Å². The number of piperidine rings is 1. The molecule has 1 fully saturated rings. The van der Waals surface area contributed by atoms with Gasteiger partial charge in [-0.15, -0.1) is 0 Å². The molecule has 2 heterocycles. The second kappa shape index (κ2) is 8.63. The number of amides is 1. The van der Waals surface area contributed by atoms with Crippen LogP contribution in [0.25, 0.3) is 10.8 Å². The van der Waals surface area contributed by atoms with Crippen molar-refractivity contribution in [2.75, 3.05) is 40.3 Å². The number of likely N-dealkylation sites (tertiary alicyclic amines) is 1. The minimum atomic E-state index is -0.418. The fourth-order valence-electron chi connectivity index (χ4n) is 3.56. The molecule has 1 aromatic carbocycles. The first-order valence-electron chi connectivity index (χ1n) is 9.60. The second-order valence-electron chi connectivity index (χ2n) is 7.63. The number of likely N-dealkylation sites (N-methyl/N-ethyl adjacent to an activating group) is 1. The smallest absolute Gasteiger partial charge is 0.272 e. The molecule has 1 amide bonds. The summed E-state index contributed by atoms with van der Waals surface area (Å²) in [5.74, 6) is -0.454. The Balaban J connectivity index is 1.61. The summed E-state index contributed by atoms with van der Waals surface area (Å²) in [6.45, 7) is 5.98. The topological polar surface area (TPSA) is 81.3 Å². The number of rotatable bonds is 6. The third-order valence-corrected chi connectivity index (χ3v) is 5.33. The van der Waals surface area contributed by atoms with Gasteiger partial charge >= 0.3 is 0 Å². The van der Waals surface area contributed by atoms with Gasteiger partial charge in [-0.25, -0.2) is 5.10 Å². The zero-order valence-corrected chi connectivity index (χ0v) is 16.4. The van der Waals surface area contributed by atoms with Gasteiger partial charge in [-0.05, 0) is 39.9 Å². The molecule has 1 unspecified atom stereocenters. The summed E-state index contributed by atoms with van der Waals surface area (Å²) in [6.07, 6.45) is 1.93. The molecule has 146 valence electrons. The van der Waals surface area contributed by atoms with E-state index >= 15 is 0 Å². The van der Waals surface area contributed by atoms with Crippen LogP contribution in [0.2, 0.25) is 0 Å². The van der Waals surface area contributed by atoms with E-state index < -0.39 is 5.92 Å². The zero-order chi connectivity index (χ0) is 19.4. The van der Waals surface area contributed by atoms with Gasteiger partial charge in [0, 0.05) is 37.6 Å². The van der Waals surface area contributed by atoms with Crippen LogP contribution in [-0.2, 0) is 4.79 Å². The van der Waals surface area contributed by atoms with E-state index in [2.05, 4.69) is 39.4 Å². The molecule has 27 heavy (non-hydrogen) atoms. The maximum atomic E-state index is 12.8. The van der Waals surface area contributed by atoms with E-state index in [0.29, 0.717) is 11.1 Å². The van der Waals surface area contributed by atoms with Gasteiger partial charge in [-0.2, -0.15) is 5.10 Å². The number of benzene rings is 1. The number of hydrogen-bond donors (Lipinski definition) is 2. The van der Waals surface area contributed by atoms with Gasteiger partial charge < -0.3 is 15.1 Å². The normalized spacial score (nSPS) is 17.3. The van der Waals surface area contributed by atoms with Crippen molar-refractivity contribution in [2.45, 2.75) is 31.7 Å². The van der Waals surface area contributed by atoms with Crippen molar-refractivity contribution in [1.29, 1.82) is 0 Å². The van der Waals surface area contributed by atoms with Crippen LogP contribution < -0.4 is 10.9 Å². The molecule has 1 aromatic heterocycles. The molecule has 0 radical (unpaired) electrons. The zero-order valence-electron chi connectivity index (χ0n) is 16.4. The fourth-order valence-corrected chi connectivity index (χ4v) is 3.56. The largest absolute Gasteiger partial charge is 0.353 e. The van der Waals surface area contributed by atoms with Gasteiger partial charge in [-0.3, -0.25) is 9.59 Å². The number of nitrogens with zero attached hydrogens (tertiary/aromatic N) is 3. The van der Waals surface area contributed by atoms with Crippen LogP contribution in [0.5, 0.6) is 0 Å². The molecule has 0 bridgehead atoms. The maximum absolute atomic E-state index is 12.8. The summed E-state index contributed by atoms with van der Waals surface area (Å²) >= 11 is 0. The molecule has 1 saturated heterocycles. The fraction of sp³-hybridized carbons (Fsp3) is 0.550. The summed E-state index contributed by atoms with van der Waals surface area (Å²) < 4.78 is 0. The van der Waals surface area contributed by atoms with Crippen LogP contribution in [-0.4, -0.2) is 72.2 Å². The molecule has 2 aromatic rings. The van der Waals surface area contributed by atoms with E-state index in [9.17, 15) is 9.59 Å². The molecule has 1 aliphatic rings. The highest BCUT2D eigenvalue weighted by Crippen LogP contribution is 2.21. The summed E-state index contributed by atoms with van der Waals surface area (Å²) in [4.78, 5) is 29.4. The van der Waals surface area contributed by atoms with Crippen molar-refractivity contribution in [2.24, 2.45) is 0 Å². The Morgan fingerprint density at radius 1 is 1.30 bits per heavy atom. The predicted molar refractivity (Wildman–Crippen MR) is 107 cm³/mol. The van der Waals surface area contributed by atoms with Crippen LogP contribution in [0.1, 0.15) is 31.4 Å². The Morgan fingerprint density at radius 3 is 2.63 bits per heavy atom. The number of hydrogen-bond acceptors (Lipinski definition) is 5. The molecule has 0 saturated carbocycles. The molecule has 1 aliphatic heterocycles. The standard InChI is InChI=1S/C20H29N5O2/c1-14(18-16-6-4-5-7-17(16)20(27)23-22-18)19(26)21-15-8-10-25(11-9-15)13-12-24(2)3/h4-7,14-15H,8-13H2,1-3H3,(H,21,26)(H,23,27). The first-order chi connectivity index (χ1) is 13.0. The minimum absolute atomic E-state index is 0.0357. The number of aromatic amines is 1. The first kappa shape index (κ1) is 19.5. The molecule has 3 rings (SSSR count). The van der Waals surface area contributed by atoms with Gasteiger partial charge in [0.1, 0.15) is 0 Å². The average molecular weight is 371 g/mol. The lowest BCUT2D eigenvalue weighted by Gasteiger charge is -2.33. The minimum Gasteiger partial charge on any atom is -0.353 e. The summed E-state index contributed by atoms with van der Waals surface area (Å²) in [5, 5.41) is 11.2. The van der Waals surface area contributed by atoms with Gasteiger partial charge in [0.25, 0.3) is 5.56 Å². The Kier molecular flexibility index (Phi) is 6.23. The maximum Gasteiger partial charge on any atom is 0.272 e. The summed E-state index contributed by atoms with van der Waals surface area (Å²) in [7, 11) is 4.17. The number of fused-ring (bicyclic) bond motifs is 1. The third kappa shape index (κ3) is 4.73. The van der Waals surface area contributed by atoms with Crippen LogP contribution in [0.15, 0.2) is 29.1 Å². The van der Waals surface area contributed by atoms with Gasteiger partial charge in [0.2, 0.25) is 5.91 Å². The molecule has 0 aliphatic carbocycles. The van der Waals surface area contributed by atoms with Crippen LogP contribution in [0.3, 0.4) is 0 Å². The van der Waals surface area contributed by atoms with Crippen molar-refractivity contribution < 1.29 is 4.79 Å². The van der Waals surface area contributed by atoms with Gasteiger partial charge in [0.05, 0.1) is 17.0 Å². The predicted octanol–water partition coefficient (Wildman–Crippen LogP) is 1.17. The lowest BCUT2D eigenvalue weighted by molar-refractivity contribution is -0.123. The number of carbonyl (C=O) groups is 1. The molecule has 7 heteroatoms. The van der Waals surface area contributed by atoms with Crippen molar-refractivity contribution in [3.63, 3.8) is 0 Å². The highest BCUT2D eigenvalue weighted by Gasteiger charge is 2.25. The molecular formula is C20H29N5O2. The number of nitrogens with one attached hydrogen (secondary N) is 2. The summed E-state index contributed by atoms with van der Waals surface area (Å²) in [6, 6.07) is 7.48. The van der Waals surface area contributed by atoms with E-state index in [1.54, 1.807) is 6.07 Å². The number of carbonyl (C=O) groups excluding carboxylic acids is 1. The van der Waals surface area contributed by atoms with E-state index in [-0.39, 0.29) is 17.5 Å². The molecular weight excluding hydrogens is 342 g/mol. The van der Waals surface area contributed by atoms with E-state index in [0.717, 1.165) is 44.4 Å². The van der Waals surface area contributed by atoms with Crippen molar-refractivity contribution in [1.82, 2.24) is 25.3 Å². The molecule has 7 nitrogen and oxygen atoms in total. The number of aromatic nitrogens is 2. The van der Waals surface area contributed by atoms with E-state index in [1.807, 2.05) is 25.1 Å². The van der Waals surface area contributed by atoms with Crippen molar-refractivity contribution >= 4 is 16.7 Å². The quantitative estimate of drug-likeness (QED) is 0.797. The molecule has 1 atom stereocenters. The van der Waals surface area contributed by atoms with E-state index in [4.69, 9.17) is 0 Å². The second-order valence-corrected chi connectivity index (χ2v) is 7.63. The highest BCUT2D eigenvalue weighted by molar-refractivity contribution is 5.91. The lowest BCUT2D eigenvalue weighted by Crippen LogP contribution is -2.47. The van der Waals surface area contributed by atoms with Crippen molar-refractivity contribution in [3.8, 4) is 0 Å². The Hall–Kier alpha value is -2.25. The van der Waals surface area contributed by atoms with Crippen LogP contribution in [0.4, 0.5) is 0 Å². The highest BCUT2D eigenvalue weighted by atomic mass is 16.2. The monoisotopic (exact) mass is 371 g/mol. The lowest BCUT2D eigenvalue weighted by atomic mass is 9.99. The Bertz CT molecular complexity index is 840. The molecule has 0 spiro atoms. The van der Waals surface area contributed by atoms with Crippen molar-refractivity contribution in [3.05, 3.63) is 40.3 Å². The van der Waals surface area contributed by atoms with Crippen LogP contribution >= 0.6 is 0 Å². The van der Waals surface area contributed by atoms with Crippen LogP contribution in [0, 0.1) is 0 Å². The SMILES string of the molecule is CC(C(=O)NC1CCN(CCN(C)C)CC1)c1n[nH]c(=O)c2ccccc12. The molecule has 2 N–H and O–H groups in total. The Morgan fingerprint density at radius 2 is 1.96 bits per heavy atom. The first-order valence-corrected chi connectivity index (χ1v) is 9.60. The Labute approximate surface area is 159 Å². The van der Waals surface area contributed by atoms with Gasteiger partial charge in [-0.1, -0.05) is 18.2 Å². The average Bonchev–Trinajstić information content (AvgIpc) is 2.67. The van der Waals surface area contributed by atoms with Gasteiger partial charge in [0.15, 0.2) is 0 Å². The summed E-state index contributed by atoms with van der Waals surface area (Å²) in [5.41, 5.74) is 0.387. The number of H-pyrrole nitrogens is 1. The third-order valence-electron chi connectivity index (χ3n) is 5.33.